The van der Waals surface area contributed by atoms with Crippen LogP contribution >= 0.6 is 11.8 Å². The summed E-state index contributed by atoms with van der Waals surface area (Å²) >= 11 is 1.54. The van der Waals surface area contributed by atoms with Crippen molar-refractivity contribution in [1.82, 2.24) is 19.9 Å². The molecule has 1 aromatic carbocycles. The quantitative estimate of drug-likeness (QED) is 0.682. The summed E-state index contributed by atoms with van der Waals surface area (Å²) in [6.07, 6.45) is 5.59. The maximum absolute atomic E-state index is 12.9. The Morgan fingerprint density at radius 1 is 1.33 bits per heavy atom. The standard InChI is InChI=1S/C19H19FN4O2S/c20-13-8-22-19(23-9-13)26-14-4-3-7-24(11-14)18(25)12-27-17-10-21-16-6-2-1-5-15(16)17/h1-2,5-6,8-10,14,21H,3-4,7,11-12H2/t14-/m1/s1. The van der Waals surface area contributed by atoms with Crippen molar-refractivity contribution in [3.05, 3.63) is 48.7 Å². The van der Waals surface area contributed by atoms with E-state index in [1.165, 1.54) is 11.8 Å². The fraction of sp³-hybridized carbons (Fsp3) is 0.316. The second-order valence-corrected chi connectivity index (χ2v) is 7.41. The van der Waals surface area contributed by atoms with Crippen molar-refractivity contribution < 1.29 is 13.9 Å². The molecule has 8 heteroatoms. The molecule has 3 heterocycles. The fourth-order valence-electron chi connectivity index (χ4n) is 3.17. The zero-order valence-corrected chi connectivity index (χ0v) is 15.4. The molecule has 0 unspecified atom stereocenters. The van der Waals surface area contributed by atoms with E-state index in [9.17, 15) is 9.18 Å². The molecule has 0 saturated carbocycles. The van der Waals surface area contributed by atoms with Gasteiger partial charge in [0.1, 0.15) is 6.10 Å². The molecule has 140 valence electrons. The number of rotatable bonds is 5. The number of hydrogen-bond acceptors (Lipinski definition) is 5. The number of carbonyl (C=O) groups excluding carboxylic acids is 1. The van der Waals surface area contributed by atoms with Crippen LogP contribution in [0.4, 0.5) is 4.39 Å². The smallest absolute Gasteiger partial charge is 0.316 e. The molecule has 1 aliphatic heterocycles. The van der Waals surface area contributed by atoms with E-state index in [0.717, 1.165) is 47.6 Å². The molecule has 1 saturated heterocycles. The summed E-state index contributed by atoms with van der Waals surface area (Å²) in [5, 5.41) is 1.13. The van der Waals surface area contributed by atoms with Crippen LogP contribution in [0.25, 0.3) is 10.9 Å². The predicted octanol–water partition coefficient (Wildman–Crippen LogP) is 3.26. The Labute approximate surface area is 160 Å². The molecule has 1 N–H and O–H groups in total. The topological polar surface area (TPSA) is 71.1 Å². The van der Waals surface area contributed by atoms with Crippen LogP contribution in [-0.4, -0.2) is 50.7 Å². The van der Waals surface area contributed by atoms with E-state index >= 15 is 0 Å². The van der Waals surface area contributed by atoms with Crippen LogP contribution in [-0.2, 0) is 4.79 Å². The van der Waals surface area contributed by atoms with Gasteiger partial charge in [0.15, 0.2) is 5.82 Å². The van der Waals surface area contributed by atoms with Crippen LogP contribution in [0, 0.1) is 5.82 Å². The van der Waals surface area contributed by atoms with Crippen LogP contribution in [0.1, 0.15) is 12.8 Å². The van der Waals surface area contributed by atoms with E-state index < -0.39 is 5.82 Å². The highest BCUT2D eigenvalue weighted by molar-refractivity contribution is 8.00. The summed E-state index contributed by atoms with van der Waals surface area (Å²) < 4.78 is 18.6. The molecule has 0 radical (unpaired) electrons. The molecule has 1 atom stereocenters. The Kier molecular flexibility index (Phi) is 5.24. The number of aromatic amines is 1. The van der Waals surface area contributed by atoms with E-state index in [1.807, 2.05) is 35.4 Å². The van der Waals surface area contributed by atoms with Crippen LogP contribution < -0.4 is 4.74 Å². The molecule has 0 bridgehead atoms. The Morgan fingerprint density at radius 2 is 2.15 bits per heavy atom. The number of halogens is 1. The fourth-order valence-corrected chi connectivity index (χ4v) is 4.10. The maximum Gasteiger partial charge on any atom is 0.316 e. The Balaban J connectivity index is 1.33. The summed E-state index contributed by atoms with van der Waals surface area (Å²) in [5.74, 6) is -0.0440. The summed E-state index contributed by atoms with van der Waals surface area (Å²) in [4.78, 5) is 26.4. The van der Waals surface area contributed by atoms with Gasteiger partial charge < -0.3 is 14.6 Å². The number of carbonyl (C=O) groups is 1. The third-order valence-electron chi connectivity index (χ3n) is 4.50. The normalized spacial score (nSPS) is 17.2. The van der Waals surface area contributed by atoms with Crippen molar-refractivity contribution in [2.45, 2.75) is 23.8 Å². The first-order valence-corrected chi connectivity index (χ1v) is 9.78. The first-order valence-electron chi connectivity index (χ1n) is 8.80. The molecule has 2 aromatic heterocycles. The number of hydrogen-bond donors (Lipinski definition) is 1. The molecular formula is C19H19FN4O2S. The average molecular weight is 386 g/mol. The second kappa shape index (κ2) is 7.96. The van der Waals surface area contributed by atoms with Gasteiger partial charge in [-0.15, -0.1) is 11.8 Å². The average Bonchev–Trinajstić information content (AvgIpc) is 3.11. The van der Waals surface area contributed by atoms with Gasteiger partial charge in [-0.1, -0.05) is 18.2 Å². The Morgan fingerprint density at radius 3 is 3.00 bits per heavy atom. The van der Waals surface area contributed by atoms with Gasteiger partial charge >= 0.3 is 6.01 Å². The minimum Gasteiger partial charge on any atom is -0.458 e. The van der Waals surface area contributed by atoms with E-state index in [1.54, 1.807) is 0 Å². The van der Waals surface area contributed by atoms with Crippen LogP contribution in [0.5, 0.6) is 6.01 Å². The van der Waals surface area contributed by atoms with Crippen LogP contribution in [0.15, 0.2) is 47.8 Å². The van der Waals surface area contributed by atoms with Gasteiger partial charge in [-0.2, -0.15) is 0 Å². The van der Waals surface area contributed by atoms with Crippen molar-refractivity contribution in [3.8, 4) is 6.01 Å². The number of piperidine rings is 1. The lowest BCUT2D eigenvalue weighted by Gasteiger charge is -2.32. The third kappa shape index (κ3) is 4.21. The third-order valence-corrected chi connectivity index (χ3v) is 5.54. The lowest BCUT2D eigenvalue weighted by atomic mass is 10.1. The van der Waals surface area contributed by atoms with E-state index in [0.29, 0.717) is 12.3 Å². The molecule has 3 aromatic rings. The largest absolute Gasteiger partial charge is 0.458 e. The lowest BCUT2D eigenvalue weighted by Crippen LogP contribution is -2.45. The van der Waals surface area contributed by atoms with Crippen molar-refractivity contribution in [1.29, 1.82) is 0 Å². The minimum atomic E-state index is -0.503. The molecule has 1 fully saturated rings. The molecule has 6 nitrogen and oxygen atoms in total. The number of amides is 1. The van der Waals surface area contributed by atoms with E-state index in [-0.39, 0.29) is 18.0 Å². The summed E-state index contributed by atoms with van der Waals surface area (Å²) in [6.45, 7) is 1.21. The molecule has 4 rings (SSSR count). The first-order chi connectivity index (χ1) is 13.2. The maximum atomic E-state index is 12.9. The molecule has 0 spiro atoms. The summed E-state index contributed by atoms with van der Waals surface area (Å²) in [7, 11) is 0. The lowest BCUT2D eigenvalue weighted by molar-refractivity contribution is -0.131. The number of thioether (sulfide) groups is 1. The van der Waals surface area contributed by atoms with Crippen LogP contribution in [0.3, 0.4) is 0 Å². The number of nitrogens with one attached hydrogen (secondary N) is 1. The highest BCUT2D eigenvalue weighted by Gasteiger charge is 2.25. The first kappa shape index (κ1) is 17.8. The number of aromatic nitrogens is 3. The van der Waals surface area contributed by atoms with Crippen molar-refractivity contribution >= 4 is 28.6 Å². The van der Waals surface area contributed by atoms with E-state index in [4.69, 9.17) is 4.74 Å². The monoisotopic (exact) mass is 386 g/mol. The van der Waals surface area contributed by atoms with Gasteiger partial charge in [0.2, 0.25) is 5.91 Å². The van der Waals surface area contributed by atoms with Gasteiger partial charge in [-0.05, 0) is 18.9 Å². The van der Waals surface area contributed by atoms with Crippen LogP contribution in [0.2, 0.25) is 0 Å². The molecule has 1 aliphatic rings. The molecular weight excluding hydrogens is 367 g/mol. The molecule has 0 aliphatic carbocycles. The zero-order valence-electron chi connectivity index (χ0n) is 14.6. The number of benzene rings is 1. The SMILES string of the molecule is O=C(CSc1c[nH]c2ccccc12)N1CCC[C@@H](Oc2ncc(F)cn2)C1. The number of likely N-dealkylation sites (tertiary alicyclic amines) is 1. The highest BCUT2D eigenvalue weighted by atomic mass is 32.2. The van der Waals surface area contributed by atoms with Gasteiger partial charge in [-0.3, -0.25) is 4.79 Å². The van der Waals surface area contributed by atoms with E-state index in [2.05, 4.69) is 15.0 Å². The summed E-state index contributed by atoms with van der Waals surface area (Å²) in [6, 6.07) is 8.18. The number of fused-ring (bicyclic) bond motifs is 1. The minimum absolute atomic E-state index is 0.0820. The zero-order chi connectivity index (χ0) is 18.6. The van der Waals surface area contributed by atoms with Crippen molar-refractivity contribution in [3.63, 3.8) is 0 Å². The molecule has 27 heavy (non-hydrogen) atoms. The second-order valence-electron chi connectivity index (χ2n) is 6.39. The Bertz CT molecular complexity index is 931. The van der Waals surface area contributed by atoms with Crippen molar-refractivity contribution in [2.75, 3.05) is 18.8 Å². The van der Waals surface area contributed by atoms with Gasteiger partial charge in [0, 0.05) is 28.5 Å². The van der Waals surface area contributed by atoms with Gasteiger partial charge in [-0.25, -0.2) is 14.4 Å². The Hall–Kier alpha value is -2.61. The number of para-hydroxylation sites is 1. The van der Waals surface area contributed by atoms with Crippen molar-refractivity contribution in [2.24, 2.45) is 0 Å². The molecule has 1 amide bonds. The number of H-pyrrole nitrogens is 1. The summed E-state index contributed by atoms with van der Waals surface area (Å²) in [5.41, 5.74) is 1.07. The van der Waals surface area contributed by atoms with Gasteiger partial charge in [0.05, 0.1) is 24.7 Å². The van der Waals surface area contributed by atoms with Gasteiger partial charge in [0.25, 0.3) is 0 Å². The number of ether oxygens (including phenoxy) is 1. The highest BCUT2D eigenvalue weighted by Crippen LogP contribution is 2.28. The predicted molar refractivity (Wildman–Crippen MR) is 101 cm³/mol. The number of nitrogens with zero attached hydrogens (tertiary/aromatic N) is 3.